The molecule has 0 aliphatic carbocycles. The van der Waals surface area contributed by atoms with Crippen LogP contribution in [-0.4, -0.2) is 20.4 Å². The van der Waals surface area contributed by atoms with Gasteiger partial charge in [-0.3, -0.25) is 0 Å². The van der Waals surface area contributed by atoms with Crippen LogP contribution in [0.3, 0.4) is 0 Å². The maximum Gasteiger partial charge on any atom is 0.106 e. The van der Waals surface area contributed by atoms with Gasteiger partial charge in [0.1, 0.15) is 20.4 Å². The van der Waals surface area contributed by atoms with Crippen molar-refractivity contribution in [3.63, 3.8) is 0 Å². The fourth-order valence-electron chi connectivity index (χ4n) is 0. The summed E-state index contributed by atoms with van der Waals surface area (Å²) in [4.78, 5) is 24.0. The van der Waals surface area contributed by atoms with Crippen LogP contribution in [-0.2, 0) is 31.5 Å². The molecule has 0 heterocycles. The van der Waals surface area contributed by atoms with Crippen LogP contribution in [0.15, 0.2) is 0 Å². The molecule has 7 heavy (non-hydrogen) atoms. The minimum Gasteiger partial charge on any atom is -0.307 e. The van der Waals surface area contributed by atoms with Gasteiger partial charge < -0.3 is 14.4 Å². The van der Waals surface area contributed by atoms with Crippen LogP contribution in [0.5, 0.6) is 0 Å². The summed E-state index contributed by atoms with van der Waals surface area (Å²) in [6.45, 7) is 6.00. The van der Waals surface area contributed by atoms with E-state index in [1.807, 2.05) is 20.4 Å². The number of carbonyl (C=O) groups is 3. The summed E-state index contributed by atoms with van der Waals surface area (Å²) < 4.78 is 0. The van der Waals surface area contributed by atoms with Gasteiger partial charge in [0.15, 0.2) is 0 Å². The van der Waals surface area contributed by atoms with E-state index in [1.54, 1.807) is 0 Å². The summed E-state index contributed by atoms with van der Waals surface area (Å²) in [5, 5.41) is 0. The Bertz CT molecular complexity index is 14.9. The van der Waals surface area contributed by atoms with E-state index in [4.69, 9.17) is 14.4 Å². The van der Waals surface area contributed by atoms with Gasteiger partial charge in [0.05, 0.1) is 0 Å². The molecule has 0 aromatic rings. The van der Waals surface area contributed by atoms with Crippen LogP contribution < -0.4 is 0 Å². The first-order chi connectivity index (χ1) is 3.00. The number of hydrogen-bond acceptors (Lipinski definition) is 3. The normalized spacial score (nSPS) is 1.71. The topological polar surface area (TPSA) is 51.2 Å². The number of carbonyl (C=O) groups excluding carboxylic acids is 3. The van der Waals surface area contributed by atoms with Gasteiger partial charge in [-0.2, -0.15) is 0 Å². The molecule has 0 aromatic heterocycles. The van der Waals surface area contributed by atoms with Gasteiger partial charge in [-0.25, -0.2) is 0 Å². The van der Waals surface area contributed by atoms with Crippen molar-refractivity contribution in [1.82, 2.24) is 0 Å². The molecule has 1 radical (unpaired) electrons. The van der Waals surface area contributed by atoms with Gasteiger partial charge in [-0.05, 0) is 0 Å². The predicted octanol–water partition coefficient (Wildman–Crippen LogP) is -0.557. The van der Waals surface area contributed by atoms with E-state index in [0.29, 0.717) is 0 Å². The van der Waals surface area contributed by atoms with E-state index in [0.717, 1.165) is 0 Å². The second kappa shape index (κ2) is 512. The van der Waals surface area contributed by atoms with E-state index in [-0.39, 0.29) is 17.1 Å². The zero-order chi connectivity index (χ0) is 6.00. The Hall–Kier alpha value is -0.471. The van der Waals surface area contributed by atoms with E-state index in [2.05, 4.69) is 0 Å². The second-order valence-electron chi connectivity index (χ2n) is 0. The van der Waals surface area contributed by atoms with Crippen LogP contribution in [0.4, 0.5) is 0 Å². The van der Waals surface area contributed by atoms with Gasteiger partial charge in [-0.1, -0.05) is 0 Å². The van der Waals surface area contributed by atoms with E-state index >= 15 is 0 Å². The van der Waals surface area contributed by atoms with Crippen molar-refractivity contribution in [3.8, 4) is 0 Å². The Balaban J connectivity index is -0.00000000900. The Kier molecular flexibility index (Phi) is 2280. The number of rotatable bonds is 0. The molecule has 0 rings (SSSR count). The first-order valence-electron chi connectivity index (χ1n) is 0.866. The molecular weight excluding hydrogens is 139 g/mol. The molecule has 3 nitrogen and oxygen atoms in total. The fraction of sp³-hybridized carbons (Fsp3) is 0. The smallest absolute Gasteiger partial charge is 0.106 e. The molecular formula is C3H6MnO3. The molecule has 0 saturated heterocycles. The maximum atomic E-state index is 8.00. The van der Waals surface area contributed by atoms with Gasteiger partial charge in [-0.15, -0.1) is 0 Å². The maximum absolute atomic E-state index is 8.00. The standard InChI is InChI=1S/3CH2O.Mn/c3*1-2;/h3*1H2;. The third-order valence-electron chi connectivity index (χ3n) is 0. The molecule has 0 spiro atoms. The molecule has 4 heteroatoms. The minimum atomic E-state index is 0. The molecule has 0 saturated carbocycles. The quantitative estimate of drug-likeness (QED) is 0.429. The Morgan fingerprint density at radius 3 is 0.571 bits per heavy atom. The van der Waals surface area contributed by atoms with E-state index in [9.17, 15) is 0 Å². The van der Waals surface area contributed by atoms with Crippen molar-refractivity contribution >= 4 is 20.4 Å². The van der Waals surface area contributed by atoms with Gasteiger partial charge >= 0.3 is 0 Å². The summed E-state index contributed by atoms with van der Waals surface area (Å²) in [6.07, 6.45) is 0. The summed E-state index contributed by atoms with van der Waals surface area (Å²) in [5.41, 5.74) is 0. The molecule has 0 unspecified atom stereocenters. The van der Waals surface area contributed by atoms with Gasteiger partial charge in [0.25, 0.3) is 0 Å². The molecule has 0 bridgehead atoms. The first-order valence-corrected chi connectivity index (χ1v) is 0.866. The van der Waals surface area contributed by atoms with Crippen LogP contribution in [0, 0.1) is 0 Å². The summed E-state index contributed by atoms with van der Waals surface area (Å²) in [5.74, 6) is 0. The zero-order valence-electron chi connectivity index (χ0n) is 3.72. The molecule has 0 amide bonds. The molecule has 0 N–H and O–H groups in total. The Morgan fingerprint density at radius 2 is 0.571 bits per heavy atom. The van der Waals surface area contributed by atoms with Crippen molar-refractivity contribution in [2.75, 3.05) is 0 Å². The second-order valence-corrected chi connectivity index (χ2v) is 0. The van der Waals surface area contributed by atoms with Crippen molar-refractivity contribution in [1.29, 1.82) is 0 Å². The summed E-state index contributed by atoms with van der Waals surface area (Å²) in [6, 6.07) is 0. The molecule has 0 aromatic carbocycles. The van der Waals surface area contributed by atoms with Crippen molar-refractivity contribution in [3.05, 3.63) is 0 Å². The van der Waals surface area contributed by atoms with Gasteiger partial charge in [0.2, 0.25) is 0 Å². The molecule has 0 aliphatic rings. The summed E-state index contributed by atoms with van der Waals surface area (Å²) in [7, 11) is 0. The van der Waals surface area contributed by atoms with Crippen LogP contribution >= 0.6 is 0 Å². The third-order valence-corrected chi connectivity index (χ3v) is 0. The average Bonchev–Trinajstić information content (AvgIpc) is 1.81. The first kappa shape index (κ1) is 31.2. The van der Waals surface area contributed by atoms with E-state index < -0.39 is 0 Å². The Labute approximate surface area is 52.6 Å². The number of hydrogen-bond donors (Lipinski definition) is 0. The molecule has 0 fully saturated rings. The molecule has 0 aliphatic heterocycles. The van der Waals surface area contributed by atoms with Crippen LogP contribution in [0.1, 0.15) is 0 Å². The van der Waals surface area contributed by atoms with Crippen molar-refractivity contribution < 1.29 is 31.5 Å². The SMILES string of the molecule is C=O.C=O.C=O.[Mn]. The van der Waals surface area contributed by atoms with E-state index in [1.165, 1.54) is 0 Å². The fourth-order valence-corrected chi connectivity index (χ4v) is 0. The minimum absolute atomic E-state index is 0. The Morgan fingerprint density at radius 1 is 0.571 bits per heavy atom. The largest absolute Gasteiger partial charge is 0.307 e. The molecule has 43 valence electrons. The van der Waals surface area contributed by atoms with Crippen molar-refractivity contribution in [2.24, 2.45) is 0 Å². The predicted molar refractivity (Wildman–Crippen MR) is 21.4 cm³/mol. The molecule has 0 atom stereocenters. The van der Waals surface area contributed by atoms with Crippen LogP contribution in [0.25, 0.3) is 0 Å². The van der Waals surface area contributed by atoms with Gasteiger partial charge in [0, 0.05) is 17.1 Å². The third kappa shape index (κ3) is 311. The monoisotopic (exact) mass is 145 g/mol. The summed E-state index contributed by atoms with van der Waals surface area (Å²) >= 11 is 0. The van der Waals surface area contributed by atoms with Crippen molar-refractivity contribution in [2.45, 2.75) is 0 Å². The zero-order valence-corrected chi connectivity index (χ0v) is 4.90. The average molecular weight is 145 g/mol. The van der Waals surface area contributed by atoms with Crippen LogP contribution in [0.2, 0.25) is 0 Å².